The van der Waals surface area contributed by atoms with Gasteiger partial charge in [0.15, 0.2) is 0 Å². The van der Waals surface area contributed by atoms with Gasteiger partial charge in [0, 0.05) is 6.26 Å². The van der Waals surface area contributed by atoms with Crippen LogP contribution in [-0.2, 0) is 9.84 Å². The van der Waals surface area contributed by atoms with Crippen molar-refractivity contribution in [3.05, 3.63) is 0 Å². The molecule has 1 aliphatic rings. The van der Waals surface area contributed by atoms with Gasteiger partial charge in [-0.05, 0) is 50.6 Å². The number of hydrogen-bond donors (Lipinski definition) is 1. The Bertz CT molecular complexity index is 300. The second-order valence-electron chi connectivity index (χ2n) is 5.41. The number of sulfone groups is 1. The van der Waals surface area contributed by atoms with Crippen LogP contribution >= 0.6 is 0 Å². The summed E-state index contributed by atoms with van der Waals surface area (Å²) in [5.41, 5.74) is 0. The zero-order chi connectivity index (χ0) is 12.2. The molecule has 0 bridgehead atoms. The minimum Gasteiger partial charge on any atom is -0.319 e. The summed E-state index contributed by atoms with van der Waals surface area (Å²) in [5, 5.41) is 3.23. The third-order valence-corrected chi connectivity index (χ3v) is 4.71. The zero-order valence-electron chi connectivity index (χ0n) is 10.7. The van der Waals surface area contributed by atoms with Crippen molar-refractivity contribution in [2.75, 3.05) is 25.6 Å². The average molecular weight is 247 g/mol. The summed E-state index contributed by atoms with van der Waals surface area (Å²) < 4.78 is 22.4. The molecule has 4 heteroatoms. The lowest BCUT2D eigenvalue weighted by molar-refractivity contribution is 0.183. The molecule has 0 aromatic heterocycles. The van der Waals surface area contributed by atoms with Crippen molar-refractivity contribution in [1.29, 1.82) is 0 Å². The fraction of sp³-hybridized carbons (Fsp3) is 1.00. The van der Waals surface area contributed by atoms with Gasteiger partial charge in [0.05, 0.1) is 5.75 Å². The van der Waals surface area contributed by atoms with Crippen molar-refractivity contribution in [2.24, 2.45) is 17.8 Å². The lowest BCUT2D eigenvalue weighted by atomic mass is 9.73. The lowest BCUT2D eigenvalue weighted by Gasteiger charge is -2.34. The second-order valence-corrected chi connectivity index (χ2v) is 7.67. The van der Waals surface area contributed by atoms with Crippen molar-refractivity contribution < 1.29 is 8.42 Å². The van der Waals surface area contributed by atoms with Gasteiger partial charge in [-0.2, -0.15) is 0 Å². The quantitative estimate of drug-likeness (QED) is 0.804. The minimum absolute atomic E-state index is 0.352. The third-order valence-electron chi connectivity index (χ3n) is 3.73. The van der Waals surface area contributed by atoms with Gasteiger partial charge >= 0.3 is 0 Å². The molecule has 1 aliphatic carbocycles. The molecule has 0 heterocycles. The van der Waals surface area contributed by atoms with Gasteiger partial charge in [0.1, 0.15) is 9.84 Å². The van der Waals surface area contributed by atoms with E-state index in [2.05, 4.69) is 12.2 Å². The molecule has 0 spiro atoms. The highest BCUT2D eigenvalue weighted by atomic mass is 32.2. The van der Waals surface area contributed by atoms with Crippen LogP contribution in [0.3, 0.4) is 0 Å². The van der Waals surface area contributed by atoms with Crippen LogP contribution in [0.2, 0.25) is 0 Å². The van der Waals surface area contributed by atoms with Crippen molar-refractivity contribution >= 4 is 9.84 Å². The fourth-order valence-electron chi connectivity index (χ4n) is 2.81. The van der Waals surface area contributed by atoms with E-state index in [0.717, 1.165) is 18.9 Å². The minimum atomic E-state index is -2.80. The van der Waals surface area contributed by atoms with E-state index in [1.165, 1.54) is 25.5 Å². The highest BCUT2D eigenvalue weighted by Gasteiger charge is 2.28. The molecular formula is C12H25NO2S. The first-order valence-corrected chi connectivity index (χ1v) is 8.30. The SMILES string of the molecule is CNCC1CCC(C)CC1CCS(C)(=O)=O. The Hall–Kier alpha value is -0.0900. The summed E-state index contributed by atoms with van der Waals surface area (Å²) in [5.74, 6) is 2.37. The van der Waals surface area contributed by atoms with E-state index < -0.39 is 9.84 Å². The molecule has 96 valence electrons. The monoisotopic (exact) mass is 247 g/mol. The third kappa shape index (κ3) is 4.83. The van der Waals surface area contributed by atoms with Crippen LogP contribution in [0.15, 0.2) is 0 Å². The maximum atomic E-state index is 11.2. The Labute approximate surface area is 99.9 Å². The van der Waals surface area contributed by atoms with Gasteiger partial charge in [-0.15, -0.1) is 0 Å². The lowest BCUT2D eigenvalue weighted by Crippen LogP contribution is -2.32. The molecule has 0 amide bonds. The topological polar surface area (TPSA) is 46.2 Å². The van der Waals surface area contributed by atoms with Gasteiger partial charge in [-0.3, -0.25) is 0 Å². The van der Waals surface area contributed by atoms with Crippen LogP contribution in [-0.4, -0.2) is 34.0 Å². The van der Waals surface area contributed by atoms with Crippen molar-refractivity contribution in [3.63, 3.8) is 0 Å². The molecular weight excluding hydrogens is 222 g/mol. The summed E-state index contributed by atoms with van der Waals surface area (Å²) in [6.07, 6.45) is 5.92. The first-order valence-electron chi connectivity index (χ1n) is 6.24. The zero-order valence-corrected chi connectivity index (χ0v) is 11.5. The van der Waals surface area contributed by atoms with Crippen LogP contribution < -0.4 is 5.32 Å². The fourth-order valence-corrected chi connectivity index (χ4v) is 3.54. The summed E-state index contributed by atoms with van der Waals surface area (Å²) in [6.45, 7) is 3.31. The largest absolute Gasteiger partial charge is 0.319 e. The van der Waals surface area contributed by atoms with Crippen LogP contribution in [0.5, 0.6) is 0 Å². The van der Waals surface area contributed by atoms with E-state index in [-0.39, 0.29) is 0 Å². The maximum absolute atomic E-state index is 11.2. The molecule has 3 nitrogen and oxygen atoms in total. The predicted molar refractivity (Wildman–Crippen MR) is 68.2 cm³/mol. The summed E-state index contributed by atoms with van der Waals surface area (Å²) in [6, 6.07) is 0. The Morgan fingerprint density at radius 2 is 1.94 bits per heavy atom. The van der Waals surface area contributed by atoms with Gasteiger partial charge in [0.25, 0.3) is 0 Å². The highest BCUT2D eigenvalue weighted by Crippen LogP contribution is 2.35. The van der Waals surface area contributed by atoms with Crippen LogP contribution in [0.4, 0.5) is 0 Å². The van der Waals surface area contributed by atoms with E-state index in [4.69, 9.17) is 0 Å². The smallest absolute Gasteiger partial charge is 0.147 e. The summed E-state index contributed by atoms with van der Waals surface area (Å²) in [7, 11) is -0.822. The Morgan fingerprint density at radius 1 is 1.25 bits per heavy atom. The summed E-state index contributed by atoms with van der Waals surface area (Å²) >= 11 is 0. The molecule has 0 radical (unpaired) electrons. The number of rotatable bonds is 5. The standard InChI is InChI=1S/C12H25NO2S/c1-10-4-5-12(9-13-2)11(8-10)6-7-16(3,14)15/h10-13H,4-9H2,1-3H3. The molecule has 16 heavy (non-hydrogen) atoms. The van der Waals surface area contributed by atoms with E-state index in [1.807, 2.05) is 7.05 Å². The normalized spacial score (nSPS) is 31.6. The Morgan fingerprint density at radius 3 is 2.50 bits per heavy atom. The van der Waals surface area contributed by atoms with Gasteiger partial charge in [0.2, 0.25) is 0 Å². The van der Waals surface area contributed by atoms with Crippen LogP contribution in [0.25, 0.3) is 0 Å². The van der Waals surface area contributed by atoms with Gasteiger partial charge in [-0.25, -0.2) is 8.42 Å². The number of hydrogen-bond acceptors (Lipinski definition) is 3. The molecule has 0 aliphatic heterocycles. The maximum Gasteiger partial charge on any atom is 0.147 e. The molecule has 0 saturated heterocycles. The van der Waals surface area contributed by atoms with Crippen molar-refractivity contribution in [2.45, 2.75) is 32.6 Å². The van der Waals surface area contributed by atoms with E-state index in [9.17, 15) is 8.42 Å². The predicted octanol–water partition coefficient (Wildman–Crippen LogP) is 1.69. The Kier molecular flexibility index (Phi) is 5.25. The van der Waals surface area contributed by atoms with Crippen LogP contribution in [0, 0.1) is 17.8 Å². The van der Waals surface area contributed by atoms with Gasteiger partial charge < -0.3 is 5.32 Å². The molecule has 1 saturated carbocycles. The molecule has 1 fully saturated rings. The average Bonchev–Trinajstić information content (AvgIpc) is 2.17. The number of nitrogens with one attached hydrogen (secondary N) is 1. The second kappa shape index (κ2) is 6.01. The van der Waals surface area contributed by atoms with E-state index in [1.54, 1.807) is 0 Å². The molecule has 1 N–H and O–H groups in total. The summed E-state index contributed by atoms with van der Waals surface area (Å²) in [4.78, 5) is 0. The van der Waals surface area contributed by atoms with Crippen molar-refractivity contribution in [1.82, 2.24) is 5.32 Å². The highest BCUT2D eigenvalue weighted by molar-refractivity contribution is 7.90. The van der Waals surface area contributed by atoms with Crippen LogP contribution in [0.1, 0.15) is 32.6 Å². The van der Waals surface area contributed by atoms with Gasteiger partial charge in [-0.1, -0.05) is 13.3 Å². The molecule has 3 unspecified atom stereocenters. The first-order chi connectivity index (χ1) is 7.42. The molecule has 1 rings (SSSR count). The van der Waals surface area contributed by atoms with E-state index >= 15 is 0 Å². The first kappa shape index (κ1) is 14.0. The molecule has 0 aromatic rings. The Balaban J connectivity index is 2.50. The molecule has 0 aromatic carbocycles. The molecule has 3 atom stereocenters. The van der Waals surface area contributed by atoms with Crippen molar-refractivity contribution in [3.8, 4) is 0 Å². The van der Waals surface area contributed by atoms with E-state index in [0.29, 0.717) is 17.6 Å².